The van der Waals surface area contributed by atoms with Gasteiger partial charge in [-0.15, -0.1) is 11.3 Å². The van der Waals surface area contributed by atoms with E-state index in [1.165, 1.54) is 4.88 Å². The van der Waals surface area contributed by atoms with E-state index >= 15 is 0 Å². The smallest absolute Gasteiger partial charge is 0.238 e. The van der Waals surface area contributed by atoms with Crippen LogP contribution >= 0.6 is 11.3 Å². The molecule has 6 heteroatoms. The number of sulfonamides is 1. The molecule has 2 atom stereocenters. The first kappa shape index (κ1) is 15.2. The van der Waals surface area contributed by atoms with Gasteiger partial charge in [0.15, 0.2) is 0 Å². The van der Waals surface area contributed by atoms with Crippen LogP contribution in [0.15, 0.2) is 46.7 Å². The summed E-state index contributed by atoms with van der Waals surface area (Å²) in [4.78, 5) is 1.41. The van der Waals surface area contributed by atoms with E-state index in [-0.39, 0.29) is 17.0 Å². The SMILES string of the molecule is CC(NC(C)c1cccs1)c1ccc(S(N)(=O)=O)cc1. The Morgan fingerprint density at radius 1 is 1.10 bits per heavy atom. The van der Waals surface area contributed by atoms with Crippen molar-refractivity contribution in [2.24, 2.45) is 5.14 Å². The van der Waals surface area contributed by atoms with Crippen LogP contribution < -0.4 is 10.5 Å². The van der Waals surface area contributed by atoms with Gasteiger partial charge in [-0.3, -0.25) is 0 Å². The van der Waals surface area contributed by atoms with E-state index in [1.807, 2.05) is 6.07 Å². The summed E-state index contributed by atoms with van der Waals surface area (Å²) in [5, 5.41) is 10.6. The van der Waals surface area contributed by atoms with Gasteiger partial charge in [0.25, 0.3) is 0 Å². The summed E-state index contributed by atoms with van der Waals surface area (Å²) in [5.74, 6) is 0. The molecule has 1 aromatic heterocycles. The number of hydrogen-bond acceptors (Lipinski definition) is 4. The fourth-order valence-electron chi connectivity index (χ4n) is 2.04. The highest BCUT2D eigenvalue weighted by Gasteiger charge is 2.13. The van der Waals surface area contributed by atoms with E-state index in [4.69, 9.17) is 5.14 Å². The van der Waals surface area contributed by atoms with Gasteiger partial charge in [0, 0.05) is 17.0 Å². The summed E-state index contributed by atoms with van der Waals surface area (Å²) in [5.41, 5.74) is 1.03. The quantitative estimate of drug-likeness (QED) is 0.892. The van der Waals surface area contributed by atoms with Gasteiger partial charge >= 0.3 is 0 Å². The van der Waals surface area contributed by atoms with E-state index < -0.39 is 10.0 Å². The second-order valence-corrected chi connectivity index (χ2v) is 7.28. The molecule has 0 aliphatic carbocycles. The molecule has 20 heavy (non-hydrogen) atoms. The van der Waals surface area contributed by atoms with Gasteiger partial charge in [-0.2, -0.15) is 0 Å². The predicted octanol–water partition coefficient (Wildman–Crippen LogP) is 2.81. The third-order valence-corrected chi connectivity index (χ3v) is 5.16. The molecule has 0 fully saturated rings. The molecule has 0 radical (unpaired) electrons. The zero-order chi connectivity index (χ0) is 14.8. The van der Waals surface area contributed by atoms with E-state index in [9.17, 15) is 8.42 Å². The molecule has 4 nitrogen and oxygen atoms in total. The highest BCUT2D eigenvalue weighted by molar-refractivity contribution is 7.89. The van der Waals surface area contributed by atoms with Gasteiger partial charge in [0.05, 0.1) is 4.90 Å². The number of primary sulfonamides is 1. The highest BCUT2D eigenvalue weighted by Crippen LogP contribution is 2.23. The summed E-state index contributed by atoms with van der Waals surface area (Å²) < 4.78 is 22.4. The van der Waals surface area contributed by atoms with Crippen LogP contribution in [-0.2, 0) is 10.0 Å². The lowest BCUT2D eigenvalue weighted by molar-refractivity contribution is 0.500. The molecule has 3 N–H and O–H groups in total. The predicted molar refractivity (Wildman–Crippen MR) is 82.1 cm³/mol. The zero-order valence-corrected chi connectivity index (χ0v) is 13.0. The summed E-state index contributed by atoms with van der Waals surface area (Å²) in [7, 11) is -3.62. The van der Waals surface area contributed by atoms with Gasteiger partial charge in [-0.05, 0) is 43.0 Å². The Kier molecular flexibility index (Phi) is 4.59. The van der Waals surface area contributed by atoms with Crippen LogP contribution in [0.3, 0.4) is 0 Å². The summed E-state index contributed by atoms with van der Waals surface area (Å²) in [6.45, 7) is 4.16. The molecule has 0 amide bonds. The maximum Gasteiger partial charge on any atom is 0.238 e. The van der Waals surface area contributed by atoms with Crippen molar-refractivity contribution >= 4 is 21.4 Å². The minimum Gasteiger partial charge on any atom is -0.303 e. The Balaban J connectivity index is 2.08. The van der Waals surface area contributed by atoms with Crippen molar-refractivity contribution in [3.8, 4) is 0 Å². The van der Waals surface area contributed by atoms with Gasteiger partial charge in [-0.25, -0.2) is 13.6 Å². The Morgan fingerprint density at radius 2 is 1.75 bits per heavy atom. The normalized spacial score (nSPS) is 14.9. The fraction of sp³-hybridized carbons (Fsp3) is 0.286. The standard InChI is InChI=1S/C14H18N2O2S2/c1-10(16-11(2)14-4-3-9-19-14)12-5-7-13(8-6-12)20(15,17)18/h3-11,16H,1-2H3,(H2,15,17,18). The number of rotatable bonds is 5. The second-order valence-electron chi connectivity index (χ2n) is 4.74. The summed E-state index contributed by atoms with van der Waals surface area (Å²) >= 11 is 1.72. The van der Waals surface area contributed by atoms with Gasteiger partial charge < -0.3 is 5.32 Å². The van der Waals surface area contributed by atoms with E-state index in [1.54, 1.807) is 35.6 Å². The number of nitrogens with two attached hydrogens (primary N) is 1. The lowest BCUT2D eigenvalue weighted by Crippen LogP contribution is -2.22. The third-order valence-electron chi connectivity index (χ3n) is 3.18. The van der Waals surface area contributed by atoms with Crippen LogP contribution in [-0.4, -0.2) is 8.42 Å². The van der Waals surface area contributed by atoms with Crippen LogP contribution in [0.4, 0.5) is 0 Å². The first-order valence-electron chi connectivity index (χ1n) is 6.30. The maximum atomic E-state index is 11.2. The highest BCUT2D eigenvalue weighted by atomic mass is 32.2. The van der Waals surface area contributed by atoms with Crippen molar-refractivity contribution in [2.75, 3.05) is 0 Å². The largest absolute Gasteiger partial charge is 0.303 e. The number of hydrogen-bond donors (Lipinski definition) is 2. The van der Waals surface area contributed by atoms with Crippen LogP contribution in [0.1, 0.15) is 36.4 Å². The van der Waals surface area contributed by atoms with Crippen molar-refractivity contribution in [3.05, 3.63) is 52.2 Å². The van der Waals surface area contributed by atoms with Crippen molar-refractivity contribution in [3.63, 3.8) is 0 Å². The molecule has 0 saturated carbocycles. The van der Waals surface area contributed by atoms with Crippen LogP contribution in [0.25, 0.3) is 0 Å². The second kappa shape index (κ2) is 6.05. The van der Waals surface area contributed by atoms with Crippen LogP contribution in [0.2, 0.25) is 0 Å². The van der Waals surface area contributed by atoms with E-state index in [0.29, 0.717) is 0 Å². The monoisotopic (exact) mass is 310 g/mol. The summed E-state index contributed by atoms with van der Waals surface area (Å²) in [6.07, 6.45) is 0. The van der Waals surface area contributed by atoms with Crippen molar-refractivity contribution in [1.82, 2.24) is 5.32 Å². The van der Waals surface area contributed by atoms with E-state index in [2.05, 4.69) is 30.6 Å². The Hall–Kier alpha value is -1.21. The molecule has 2 aromatic rings. The molecule has 1 aromatic carbocycles. The van der Waals surface area contributed by atoms with Gasteiger partial charge in [-0.1, -0.05) is 18.2 Å². The van der Waals surface area contributed by atoms with Gasteiger partial charge in [0.1, 0.15) is 0 Å². The molecule has 0 aliphatic heterocycles. The number of thiophene rings is 1. The summed E-state index contributed by atoms with van der Waals surface area (Å²) in [6, 6.07) is 11.2. The Labute approximate surface area is 123 Å². The van der Waals surface area contributed by atoms with Crippen LogP contribution in [0, 0.1) is 0 Å². The fourth-order valence-corrected chi connectivity index (χ4v) is 3.30. The molecule has 1 heterocycles. The topological polar surface area (TPSA) is 72.2 Å². The maximum absolute atomic E-state index is 11.2. The minimum absolute atomic E-state index is 0.127. The first-order valence-corrected chi connectivity index (χ1v) is 8.73. The van der Waals surface area contributed by atoms with Crippen molar-refractivity contribution in [1.29, 1.82) is 0 Å². The Bertz CT molecular complexity index is 649. The third kappa shape index (κ3) is 3.67. The molecular weight excluding hydrogens is 292 g/mol. The average Bonchev–Trinajstić information content (AvgIpc) is 2.91. The lowest BCUT2D eigenvalue weighted by atomic mass is 10.1. The molecule has 0 saturated heterocycles. The van der Waals surface area contributed by atoms with Crippen molar-refractivity contribution < 1.29 is 8.42 Å². The lowest BCUT2D eigenvalue weighted by Gasteiger charge is -2.19. The molecule has 0 aliphatic rings. The van der Waals surface area contributed by atoms with Crippen LogP contribution in [0.5, 0.6) is 0 Å². The van der Waals surface area contributed by atoms with Gasteiger partial charge in [0.2, 0.25) is 10.0 Å². The number of benzene rings is 1. The number of nitrogens with one attached hydrogen (secondary N) is 1. The molecule has 2 unspecified atom stereocenters. The molecule has 0 bridgehead atoms. The molecule has 2 rings (SSSR count). The Morgan fingerprint density at radius 3 is 2.25 bits per heavy atom. The average molecular weight is 310 g/mol. The molecule has 108 valence electrons. The molecular formula is C14H18N2O2S2. The minimum atomic E-state index is -3.62. The van der Waals surface area contributed by atoms with Crippen molar-refractivity contribution in [2.45, 2.75) is 30.8 Å². The first-order chi connectivity index (χ1) is 9.38. The molecule has 0 spiro atoms. The van der Waals surface area contributed by atoms with E-state index in [0.717, 1.165) is 5.56 Å². The zero-order valence-electron chi connectivity index (χ0n) is 11.4.